The Morgan fingerprint density at radius 3 is 2.56 bits per heavy atom. The van der Waals surface area contributed by atoms with Crippen molar-refractivity contribution in [1.29, 1.82) is 0 Å². The molecule has 0 aliphatic rings. The molecule has 0 saturated heterocycles. The Labute approximate surface area is 156 Å². The Balaban J connectivity index is 1.74. The summed E-state index contributed by atoms with van der Waals surface area (Å²) >= 11 is 0. The van der Waals surface area contributed by atoms with E-state index in [4.69, 9.17) is 0 Å². The van der Waals surface area contributed by atoms with Crippen molar-refractivity contribution < 1.29 is 14.3 Å². The first-order valence-electron chi connectivity index (χ1n) is 8.38. The van der Waals surface area contributed by atoms with Crippen LogP contribution in [0.1, 0.15) is 37.5 Å². The minimum absolute atomic E-state index is 0.328. The molecule has 27 heavy (non-hydrogen) atoms. The first-order chi connectivity index (χ1) is 13.0. The second-order valence-electron chi connectivity index (χ2n) is 6.08. The molecule has 6 nitrogen and oxygen atoms in total. The van der Waals surface area contributed by atoms with Gasteiger partial charge in [0.2, 0.25) is 0 Å². The van der Waals surface area contributed by atoms with Crippen molar-refractivity contribution in [2.75, 3.05) is 7.11 Å². The van der Waals surface area contributed by atoms with Crippen LogP contribution in [-0.4, -0.2) is 30.2 Å². The Hall–Kier alpha value is -3.54. The lowest BCUT2D eigenvalue weighted by Crippen LogP contribution is -2.19. The van der Waals surface area contributed by atoms with Crippen LogP contribution in [0.25, 0.3) is 10.9 Å². The molecule has 0 fully saturated rings. The second kappa shape index (κ2) is 7.78. The number of benzene rings is 2. The summed E-state index contributed by atoms with van der Waals surface area (Å²) in [5, 5.41) is 4.89. The van der Waals surface area contributed by atoms with E-state index < -0.39 is 5.97 Å². The summed E-state index contributed by atoms with van der Waals surface area (Å²) in [6.45, 7) is 3.79. The highest BCUT2D eigenvalue weighted by Crippen LogP contribution is 2.19. The number of hydrazone groups is 1. The van der Waals surface area contributed by atoms with Crippen LogP contribution in [0.5, 0.6) is 0 Å². The molecule has 3 rings (SSSR count). The molecule has 2 aromatic carbocycles. The van der Waals surface area contributed by atoms with Gasteiger partial charge in [-0.05, 0) is 43.2 Å². The third-order valence-corrected chi connectivity index (χ3v) is 4.19. The van der Waals surface area contributed by atoms with Gasteiger partial charge in [0.1, 0.15) is 0 Å². The fraction of sp³-hybridized carbons (Fsp3) is 0.143. The molecule has 1 N–H and O–H groups in total. The Bertz CT molecular complexity index is 1040. The zero-order valence-electron chi connectivity index (χ0n) is 15.3. The molecule has 0 unspecified atom stereocenters. The highest BCUT2D eigenvalue weighted by molar-refractivity contribution is 5.99. The van der Waals surface area contributed by atoms with Gasteiger partial charge in [0.05, 0.1) is 35.7 Å². The van der Waals surface area contributed by atoms with Crippen molar-refractivity contribution in [3.63, 3.8) is 0 Å². The van der Waals surface area contributed by atoms with Gasteiger partial charge in [0.15, 0.2) is 0 Å². The van der Waals surface area contributed by atoms with Gasteiger partial charge < -0.3 is 4.74 Å². The molecule has 1 amide bonds. The number of amides is 1. The SMILES string of the molecule is COC(=O)c1ccc(/C=N/NC(=O)c2cc3cccc(C)c3nc2C)cc1. The number of ether oxygens (including phenoxy) is 1. The summed E-state index contributed by atoms with van der Waals surface area (Å²) in [7, 11) is 1.33. The largest absolute Gasteiger partial charge is 0.465 e. The molecule has 3 aromatic rings. The number of fused-ring (bicyclic) bond motifs is 1. The predicted octanol–water partition coefficient (Wildman–Crippen LogP) is 3.40. The van der Waals surface area contributed by atoms with Gasteiger partial charge in [-0.15, -0.1) is 0 Å². The van der Waals surface area contributed by atoms with Crippen molar-refractivity contribution in [2.24, 2.45) is 5.10 Å². The second-order valence-corrected chi connectivity index (χ2v) is 6.08. The van der Waals surface area contributed by atoms with Gasteiger partial charge >= 0.3 is 5.97 Å². The van der Waals surface area contributed by atoms with Gasteiger partial charge in [-0.1, -0.05) is 30.3 Å². The summed E-state index contributed by atoms with van der Waals surface area (Å²) in [5.41, 5.74) is 6.79. The Morgan fingerprint density at radius 2 is 1.85 bits per heavy atom. The van der Waals surface area contributed by atoms with E-state index in [2.05, 4.69) is 20.2 Å². The number of nitrogens with one attached hydrogen (secondary N) is 1. The predicted molar refractivity (Wildman–Crippen MR) is 104 cm³/mol. The van der Waals surface area contributed by atoms with Crippen LogP contribution in [-0.2, 0) is 4.74 Å². The number of hydrogen-bond donors (Lipinski definition) is 1. The zero-order chi connectivity index (χ0) is 19.4. The first-order valence-corrected chi connectivity index (χ1v) is 8.38. The number of esters is 1. The topological polar surface area (TPSA) is 80.6 Å². The quantitative estimate of drug-likeness (QED) is 0.439. The monoisotopic (exact) mass is 361 g/mol. The molecule has 0 saturated carbocycles. The maximum absolute atomic E-state index is 12.4. The van der Waals surface area contributed by atoms with Crippen molar-refractivity contribution in [3.8, 4) is 0 Å². The highest BCUT2D eigenvalue weighted by Gasteiger charge is 2.12. The first kappa shape index (κ1) is 18.3. The third kappa shape index (κ3) is 4.00. The number of methoxy groups -OCH3 is 1. The van der Waals surface area contributed by atoms with Crippen LogP contribution in [0.2, 0.25) is 0 Å². The van der Waals surface area contributed by atoms with E-state index in [1.807, 2.05) is 31.2 Å². The van der Waals surface area contributed by atoms with Crippen LogP contribution >= 0.6 is 0 Å². The van der Waals surface area contributed by atoms with Crippen LogP contribution in [0.15, 0.2) is 53.6 Å². The molecule has 136 valence electrons. The summed E-state index contributed by atoms with van der Waals surface area (Å²) in [4.78, 5) is 28.4. The molecular weight excluding hydrogens is 342 g/mol. The van der Waals surface area contributed by atoms with Crippen LogP contribution < -0.4 is 5.43 Å². The average Bonchev–Trinajstić information content (AvgIpc) is 2.68. The fourth-order valence-electron chi connectivity index (χ4n) is 2.72. The van der Waals surface area contributed by atoms with Gasteiger partial charge in [0, 0.05) is 5.39 Å². The average molecular weight is 361 g/mol. The van der Waals surface area contributed by atoms with E-state index in [0.29, 0.717) is 16.8 Å². The lowest BCUT2D eigenvalue weighted by molar-refractivity contribution is 0.0600. The van der Waals surface area contributed by atoms with Gasteiger partial charge in [-0.25, -0.2) is 10.2 Å². The number of nitrogens with zero attached hydrogens (tertiary/aromatic N) is 2. The number of carbonyl (C=O) groups excluding carboxylic acids is 2. The lowest BCUT2D eigenvalue weighted by Gasteiger charge is -2.07. The lowest BCUT2D eigenvalue weighted by atomic mass is 10.1. The minimum Gasteiger partial charge on any atom is -0.465 e. The van der Waals surface area contributed by atoms with Crippen molar-refractivity contribution in [3.05, 3.63) is 76.5 Å². The molecular formula is C21H19N3O3. The Kier molecular flexibility index (Phi) is 5.26. The smallest absolute Gasteiger partial charge is 0.337 e. The number of rotatable bonds is 4. The minimum atomic E-state index is -0.402. The molecule has 1 heterocycles. The van der Waals surface area contributed by atoms with Crippen LogP contribution in [0.3, 0.4) is 0 Å². The number of aromatic nitrogens is 1. The van der Waals surface area contributed by atoms with Crippen LogP contribution in [0.4, 0.5) is 0 Å². The molecule has 0 aliphatic carbocycles. The van der Waals surface area contributed by atoms with E-state index in [0.717, 1.165) is 22.0 Å². The van der Waals surface area contributed by atoms with Crippen LogP contribution in [0, 0.1) is 13.8 Å². The molecule has 0 radical (unpaired) electrons. The van der Waals surface area contributed by atoms with E-state index >= 15 is 0 Å². The number of hydrogen-bond acceptors (Lipinski definition) is 5. The van der Waals surface area contributed by atoms with Crippen molar-refractivity contribution in [2.45, 2.75) is 13.8 Å². The molecule has 0 spiro atoms. The molecule has 0 atom stereocenters. The maximum atomic E-state index is 12.4. The normalized spacial score (nSPS) is 10.9. The van der Waals surface area contributed by atoms with E-state index in [1.165, 1.54) is 13.3 Å². The van der Waals surface area contributed by atoms with Gasteiger partial charge in [0.25, 0.3) is 5.91 Å². The van der Waals surface area contributed by atoms with E-state index in [1.54, 1.807) is 31.2 Å². The van der Waals surface area contributed by atoms with Gasteiger partial charge in [-0.2, -0.15) is 5.10 Å². The summed E-state index contributed by atoms with van der Waals surface area (Å²) in [6, 6.07) is 14.4. The third-order valence-electron chi connectivity index (χ3n) is 4.19. The summed E-state index contributed by atoms with van der Waals surface area (Å²) in [6.07, 6.45) is 1.51. The standard InChI is InChI=1S/C21H19N3O3/c1-13-5-4-6-17-11-18(14(2)23-19(13)17)20(25)24-22-12-15-7-9-16(10-8-15)21(26)27-3/h4-12H,1-3H3,(H,24,25)/b22-12+. The van der Waals surface area contributed by atoms with E-state index in [-0.39, 0.29) is 5.91 Å². The molecule has 6 heteroatoms. The number of aryl methyl sites for hydroxylation is 2. The molecule has 0 aliphatic heterocycles. The number of carbonyl (C=O) groups is 2. The van der Waals surface area contributed by atoms with Gasteiger partial charge in [-0.3, -0.25) is 9.78 Å². The summed E-state index contributed by atoms with van der Waals surface area (Å²) < 4.78 is 4.65. The number of pyridine rings is 1. The molecule has 1 aromatic heterocycles. The molecule has 0 bridgehead atoms. The van der Waals surface area contributed by atoms with Crippen molar-refractivity contribution in [1.82, 2.24) is 10.4 Å². The van der Waals surface area contributed by atoms with E-state index in [9.17, 15) is 9.59 Å². The van der Waals surface area contributed by atoms with Crippen molar-refractivity contribution >= 4 is 29.0 Å². The summed E-state index contributed by atoms with van der Waals surface area (Å²) in [5.74, 6) is -0.729. The maximum Gasteiger partial charge on any atom is 0.337 e. The Morgan fingerprint density at radius 1 is 1.11 bits per heavy atom. The fourth-order valence-corrected chi connectivity index (χ4v) is 2.72. The number of para-hydroxylation sites is 1. The highest BCUT2D eigenvalue weighted by atomic mass is 16.5. The zero-order valence-corrected chi connectivity index (χ0v) is 15.3.